The first-order chi connectivity index (χ1) is 11.6. The van der Waals surface area contributed by atoms with Crippen molar-refractivity contribution in [1.82, 2.24) is 4.90 Å². The van der Waals surface area contributed by atoms with E-state index in [9.17, 15) is 19.5 Å². The fourth-order valence-corrected chi connectivity index (χ4v) is 2.55. The number of rotatable bonds is 7. The third-order valence-corrected chi connectivity index (χ3v) is 4.36. The standard InChI is InChI=1S/C19H25NO4Si/c1-15(19(23)24)20(14-16-8-6-5-7-9-16)18(22)11-10-17(21)12-13-25(2,3)4/h5-9,15H,10-11,14H2,1-4H3,(H,23,24). The predicted octanol–water partition coefficient (Wildman–Crippen LogP) is 2.72. The number of nitrogens with zero attached hydrogens (tertiary/aromatic N) is 1. The van der Waals surface area contributed by atoms with Crippen LogP contribution < -0.4 is 0 Å². The van der Waals surface area contributed by atoms with Gasteiger partial charge in [-0.15, -0.1) is 5.54 Å². The number of Topliss-reactive ketones (excluding diaryl/α,β-unsaturated/α-hetero) is 1. The van der Waals surface area contributed by atoms with Crippen LogP contribution in [0.3, 0.4) is 0 Å². The van der Waals surface area contributed by atoms with Gasteiger partial charge in [-0.25, -0.2) is 4.79 Å². The molecule has 1 unspecified atom stereocenters. The highest BCUT2D eigenvalue weighted by Gasteiger charge is 2.25. The lowest BCUT2D eigenvalue weighted by Crippen LogP contribution is -2.42. The molecule has 0 fully saturated rings. The zero-order valence-electron chi connectivity index (χ0n) is 15.2. The Kier molecular flexibility index (Phi) is 7.59. The molecule has 1 aromatic carbocycles. The van der Waals surface area contributed by atoms with Gasteiger partial charge in [-0.1, -0.05) is 50.0 Å². The maximum Gasteiger partial charge on any atom is 0.326 e. The zero-order valence-corrected chi connectivity index (χ0v) is 16.2. The van der Waals surface area contributed by atoms with Crippen LogP contribution in [0.4, 0.5) is 0 Å². The second-order valence-corrected chi connectivity index (χ2v) is 11.7. The Balaban J connectivity index is 2.77. The Morgan fingerprint density at radius 3 is 2.24 bits per heavy atom. The van der Waals surface area contributed by atoms with E-state index in [1.807, 2.05) is 50.0 Å². The van der Waals surface area contributed by atoms with Crippen molar-refractivity contribution in [3.63, 3.8) is 0 Å². The minimum Gasteiger partial charge on any atom is -0.480 e. The molecule has 134 valence electrons. The van der Waals surface area contributed by atoms with E-state index in [2.05, 4.69) is 11.5 Å². The van der Waals surface area contributed by atoms with Crippen LogP contribution in [0.15, 0.2) is 30.3 Å². The van der Waals surface area contributed by atoms with Gasteiger partial charge in [0.2, 0.25) is 11.7 Å². The summed E-state index contributed by atoms with van der Waals surface area (Å²) in [6, 6.07) is 8.22. The summed E-state index contributed by atoms with van der Waals surface area (Å²) in [5.41, 5.74) is 3.82. The molecule has 5 nitrogen and oxygen atoms in total. The molecule has 1 amide bonds. The highest BCUT2D eigenvalue weighted by atomic mass is 28.3. The molecule has 0 bridgehead atoms. The van der Waals surface area contributed by atoms with E-state index in [-0.39, 0.29) is 31.1 Å². The summed E-state index contributed by atoms with van der Waals surface area (Å²) in [5.74, 6) is 0.891. The molecule has 0 spiro atoms. The Labute approximate surface area is 150 Å². The largest absolute Gasteiger partial charge is 0.480 e. The summed E-state index contributed by atoms with van der Waals surface area (Å²) in [6.07, 6.45) is -0.0302. The molecule has 1 atom stereocenters. The van der Waals surface area contributed by atoms with E-state index in [4.69, 9.17) is 0 Å². The van der Waals surface area contributed by atoms with Crippen molar-refractivity contribution in [2.75, 3.05) is 0 Å². The van der Waals surface area contributed by atoms with Gasteiger partial charge in [-0.05, 0) is 18.4 Å². The number of amides is 1. The van der Waals surface area contributed by atoms with Crippen molar-refractivity contribution in [1.29, 1.82) is 0 Å². The third-order valence-electron chi connectivity index (χ3n) is 3.48. The number of carbonyl (C=O) groups is 3. The van der Waals surface area contributed by atoms with Crippen LogP contribution >= 0.6 is 0 Å². The maximum absolute atomic E-state index is 12.5. The van der Waals surface area contributed by atoms with Gasteiger partial charge in [-0.2, -0.15) is 0 Å². The topological polar surface area (TPSA) is 74.7 Å². The van der Waals surface area contributed by atoms with Gasteiger partial charge in [0.1, 0.15) is 14.1 Å². The molecule has 6 heteroatoms. The molecule has 0 aromatic heterocycles. The van der Waals surface area contributed by atoms with Crippen LogP contribution in [0, 0.1) is 11.5 Å². The summed E-state index contributed by atoms with van der Waals surface area (Å²) in [4.78, 5) is 36.9. The molecule has 0 aliphatic heterocycles. The lowest BCUT2D eigenvalue weighted by molar-refractivity contribution is -0.150. The fraction of sp³-hybridized carbons (Fsp3) is 0.421. The van der Waals surface area contributed by atoms with Gasteiger partial charge in [-0.3, -0.25) is 9.59 Å². The van der Waals surface area contributed by atoms with Gasteiger partial charge in [0.15, 0.2) is 0 Å². The molecular formula is C19H25NO4Si. The van der Waals surface area contributed by atoms with E-state index in [1.165, 1.54) is 11.8 Å². The highest BCUT2D eigenvalue weighted by molar-refractivity contribution is 6.84. The number of aliphatic carboxylic acids is 1. The summed E-state index contributed by atoms with van der Waals surface area (Å²) in [5, 5.41) is 9.25. The molecule has 1 rings (SSSR count). The van der Waals surface area contributed by atoms with Gasteiger partial charge in [0, 0.05) is 19.4 Å². The van der Waals surface area contributed by atoms with Crippen LogP contribution in [0.1, 0.15) is 25.3 Å². The Morgan fingerprint density at radius 1 is 1.12 bits per heavy atom. The monoisotopic (exact) mass is 359 g/mol. The summed E-state index contributed by atoms with van der Waals surface area (Å²) < 4.78 is 0. The van der Waals surface area contributed by atoms with Crippen LogP contribution in [0.25, 0.3) is 0 Å². The van der Waals surface area contributed by atoms with Crippen LogP contribution in [0.2, 0.25) is 19.6 Å². The van der Waals surface area contributed by atoms with Gasteiger partial charge in [0.05, 0.1) is 0 Å². The minimum atomic E-state index is -1.64. The molecule has 25 heavy (non-hydrogen) atoms. The molecular weight excluding hydrogens is 334 g/mol. The Hall–Kier alpha value is -2.39. The van der Waals surface area contributed by atoms with E-state index >= 15 is 0 Å². The quantitative estimate of drug-likeness (QED) is 0.600. The van der Waals surface area contributed by atoms with Gasteiger partial charge < -0.3 is 10.0 Å². The maximum atomic E-state index is 12.5. The Bertz CT molecular complexity index is 683. The number of carboxylic acid groups (broad SMARTS) is 1. The van der Waals surface area contributed by atoms with Crippen LogP contribution in [-0.4, -0.2) is 41.8 Å². The molecule has 1 N–H and O–H groups in total. The van der Waals surface area contributed by atoms with E-state index in [0.717, 1.165) is 5.56 Å². The van der Waals surface area contributed by atoms with E-state index in [1.54, 1.807) is 0 Å². The van der Waals surface area contributed by atoms with Gasteiger partial charge in [0.25, 0.3) is 0 Å². The van der Waals surface area contributed by atoms with Crippen LogP contribution in [0.5, 0.6) is 0 Å². The summed E-state index contributed by atoms with van der Waals surface area (Å²) in [7, 11) is -1.64. The lowest BCUT2D eigenvalue weighted by atomic mass is 10.1. The third kappa shape index (κ3) is 7.81. The highest BCUT2D eigenvalue weighted by Crippen LogP contribution is 2.12. The number of ketones is 1. The minimum absolute atomic E-state index is 0.00788. The first-order valence-corrected chi connectivity index (χ1v) is 11.7. The first-order valence-electron chi connectivity index (χ1n) is 8.22. The molecule has 0 aliphatic carbocycles. The van der Waals surface area contributed by atoms with E-state index in [0.29, 0.717) is 0 Å². The average molecular weight is 359 g/mol. The molecule has 0 aliphatic rings. The Morgan fingerprint density at radius 2 is 1.72 bits per heavy atom. The second-order valence-electron chi connectivity index (χ2n) is 6.94. The number of hydrogen-bond acceptors (Lipinski definition) is 3. The van der Waals surface area contributed by atoms with E-state index < -0.39 is 20.1 Å². The van der Waals surface area contributed by atoms with Crippen molar-refractivity contribution in [2.45, 2.75) is 52.0 Å². The molecule has 0 radical (unpaired) electrons. The molecule has 0 saturated carbocycles. The second kappa shape index (κ2) is 9.18. The number of carbonyl (C=O) groups excluding carboxylic acids is 2. The number of carboxylic acids is 1. The lowest BCUT2D eigenvalue weighted by Gasteiger charge is -2.26. The van der Waals surface area contributed by atoms with Crippen molar-refractivity contribution < 1.29 is 19.5 Å². The SMILES string of the molecule is CC(C(=O)O)N(Cc1ccccc1)C(=O)CCC(=O)C#C[Si](C)(C)C. The number of hydrogen-bond donors (Lipinski definition) is 1. The molecule has 1 aromatic rings. The normalized spacial score (nSPS) is 11.8. The van der Waals surface area contributed by atoms with Crippen molar-refractivity contribution in [2.24, 2.45) is 0 Å². The zero-order chi connectivity index (χ0) is 19.0. The van der Waals surface area contributed by atoms with Crippen molar-refractivity contribution in [3.05, 3.63) is 35.9 Å². The summed E-state index contributed by atoms with van der Waals surface area (Å²) >= 11 is 0. The van der Waals surface area contributed by atoms with Crippen molar-refractivity contribution >= 4 is 25.7 Å². The van der Waals surface area contributed by atoms with Gasteiger partial charge >= 0.3 is 5.97 Å². The smallest absolute Gasteiger partial charge is 0.326 e. The van der Waals surface area contributed by atoms with Crippen molar-refractivity contribution in [3.8, 4) is 11.5 Å². The molecule has 0 saturated heterocycles. The first kappa shape index (κ1) is 20.7. The predicted molar refractivity (Wildman–Crippen MR) is 99.5 cm³/mol. The fourth-order valence-electron chi connectivity index (χ4n) is 2.04. The van der Waals surface area contributed by atoms with Crippen LogP contribution in [-0.2, 0) is 20.9 Å². The number of benzene rings is 1. The summed E-state index contributed by atoms with van der Waals surface area (Å²) in [6.45, 7) is 7.77. The molecule has 0 heterocycles. The average Bonchev–Trinajstić information content (AvgIpc) is 2.55.